The van der Waals surface area contributed by atoms with Crippen LogP contribution in [0, 0.1) is 11.3 Å². The minimum atomic E-state index is -0.677. The molecule has 1 atom stereocenters. The molecule has 5 nitrogen and oxygen atoms in total. The van der Waals surface area contributed by atoms with Crippen molar-refractivity contribution in [1.82, 2.24) is 5.32 Å². The van der Waals surface area contributed by atoms with E-state index in [9.17, 15) is 9.59 Å². The van der Waals surface area contributed by atoms with E-state index < -0.39 is 6.04 Å². The molecule has 0 heterocycles. The molecule has 2 aromatic carbocycles. The van der Waals surface area contributed by atoms with Crippen LogP contribution in [0.5, 0.6) is 0 Å². The van der Waals surface area contributed by atoms with Gasteiger partial charge in [0.2, 0.25) is 5.91 Å². The van der Waals surface area contributed by atoms with Gasteiger partial charge in [0.1, 0.15) is 6.04 Å². The summed E-state index contributed by atoms with van der Waals surface area (Å²) in [6.45, 7) is 1.61. The quantitative estimate of drug-likeness (QED) is 0.907. The van der Waals surface area contributed by atoms with E-state index in [1.54, 1.807) is 43.3 Å². The first-order chi connectivity index (χ1) is 10.6. The van der Waals surface area contributed by atoms with Crippen LogP contribution in [-0.2, 0) is 4.79 Å². The van der Waals surface area contributed by atoms with Gasteiger partial charge in [-0.15, -0.1) is 0 Å². The fraction of sp³-hybridized carbons (Fsp3) is 0.118. The lowest BCUT2D eigenvalue weighted by molar-refractivity contribution is -0.117. The summed E-state index contributed by atoms with van der Waals surface area (Å²) >= 11 is 0. The minimum absolute atomic E-state index is 0.298. The molecule has 2 amide bonds. The number of hydrogen-bond acceptors (Lipinski definition) is 3. The summed E-state index contributed by atoms with van der Waals surface area (Å²) in [5.41, 5.74) is 1.55. The first-order valence-corrected chi connectivity index (χ1v) is 6.77. The molecular weight excluding hydrogens is 278 g/mol. The number of para-hydroxylation sites is 1. The van der Waals surface area contributed by atoms with E-state index in [-0.39, 0.29) is 11.8 Å². The molecule has 0 bridgehead atoms. The number of rotatable bonds is 4. The van der Waals surface area contributed by atoms with Crippen molar-refractivity contribution in [3.05, 3.63) is 65.7 Å². The Morgan fingerprint density at radius 1 is 1.05 bits per heavy atom. The van der Waals surface area contributed by atoms with Crippen LogP contribution < -0.4 is 10.6 Å². The van der Waals surface area contributed by atoms with Gasteiger partial charge >= 0.3 is 0 Å². The summed E-state index contributed by atoms with van der Waals surface area (Å²) in [6, 6.07) is 16.6. The molecule has 2 aromatic rings. The molecule has 5 heteroatoms. The minimum Gasteiger partial charge on any atom is -0.341 e. The first-order valence-electron chi connectivity index (χ1n) is 6.77. The molecule has 0 aliphatic rings. The monoisotopic (exact) mass is 293 g/mol. The maximum atomic E-state index is 12.0. The molecule has 0 aromatic heterocycles. The van der Waals surface area contributed by atoms with Gasteiger partial charge in [-0.2, -0.15) is 5.26 Å². The number of hydrogen-bond donors (Lipinski definition) is 2. The van der Waals surface area contributed by atoms with Gasteiger partial charge in [0, 0.05) is 11.3 Å². The second-order valence-electron chi connectivity index (χ2n) is 4.74. The molecule has 0 radical (unpaired) electrons. The van der Waals surface area contributed by atoms with Crippen molar-refractivity contribution in [2.75, 3.05) is 5.32 Å². The van der Waals surface area contributed by atoms with Crippen molar-refractivity contribution >= 4 is 17.5 Å². The zero-order chi connectivity index (χ0) is 15.9. The standard InChI is InChI=1S/C17H15N3O2/c1-12(16(21)20-15-5-3-2-4-6-15)19-17(22)14-9-7-13(11-18)8-10-14/h2-10,12H,1H3,(H,19,22)(H,20,21). The highest BCUT2D eigenvalue weighted by Gasteiger charge is 2.16. The van der Waals surface area contributed by atoms with Crippen molar-refractivity contribution < 1.29 is 9.59 Å². The Balaban J connectivity index is 1.95. The normalized spacial score (nSPS) is 11.1. The van der Waals surface area contributed by atoms with Crippen LogP contribution in [0.15, 0.2) is 54.6 Å². The lowest BCUT2D eigenvalue weighted by Gasteiger charge is -2.14. The lowest BCUT2D eigenvalue weighted by Crippen LogP contribution is -2.41. The first kappa shape index (κ1) is 15.3. The van der Waals surface area contributed by atoms with Crippen molar-refractivity contribution in [3.8, 4) is 6.07 Å². The van der Waals surface area contributed by atoms with E-state index in [1.807, 2.05) is 24.3 Å². The van der Waals surface area contributed by atoms with Gasteiger partial charge in [-0.05, 0) is 43.3 Å². The summed E-state index contributed by atoms with van der Waals surface area (Å²) in [4.78, 5) is 24.0. The van der Waals surface area contributed by atoms with E-state index in [4.69, 9.17) is 5.26 Å². The van der Waals surface area contributed by atoms with Crippen LogP contribution in [-0.4, -0.2) is 17.9 Å². The van der Waals surface area contributed by atoms with Gasteiger partial charge in [-0.25, -0.2) is 0 Å². The van der Waals surface area contributed by atoms with Crippen LogP contribution in [0.1, 0.15) is 22.8 Å². The molecule has 0 aliphatic heterocycles. The largest absolute Gasteiger partial charge is 0.341 e. The van der Waals surface area contributed by atoms with Gasteiger partial charge in [0.05, 0.1) is 11.6 Å². The molecule has 110 valence electrons. The molecule has 0 saturated heterocycles. The number of benzene rings is 2. The lowest BCUT2D eigenvalue weighted by atomic mass is 10.1. The van der Waals surface area contributed by atoms with E-state index in [0.717, 1.165) is 0 Å². The van der Waals surface area contributed by atoms with E-state index >= 15 is 0 Å². The predicted octanol–water partition coefficient (Wildman–Crippen LogP) is 2.32. The van der Waals surface area contributed by atoms with Crippen LogP contribution in [0.2, 0.25) is 0 Å². The van der Waals surface area contributed by atoms with Crippen molar-refractivity contribution in [3.63, 3.8) is 0 Å². The van der Waals surface area contributed by atoms with Gasteiger partial charge in [0.15, 0.2) is 0 Å². The summed E-state index contributed by atoms with van der Waals surface area (Å²) in [5.74, 6) is -0.659. The zero-order valence-electron chi connectivity index (χ0n) is 12.0. The Labute approximate surface area is 128 Å². The maximum Gasteiger partial charge on any atom is 0.251 e. The number of nitrogens with zero attached hydrogens (tertiary/aromatic N) is 1. The molecular formula is C17H15N3O2. The fourth-order valence-corrected chi connectivity index (χ4v) is 1.81. The van der Waals surface area contributed by atoms with Gasteiger partial charge in [-0.1, -0.05) is 18.2 Å². The van der Waals surface area contributed by atoms with Crippen molar-refractivity contribution in [2.24, 2.45) is 0 Å². The maximum absolute atomic E-state index is 12.0. The number of carbonyl (C=O) groups excluding carboxylic acids is 2. The molecule has 22 heavy (non-hydrogen) atoms. The second-order valence-corrected chi connectivity index (χ2v) is 4.74. The van der Waals surface area contributed by atoms with Crippen LogP contribution in [0.25, 0.3) is 0 Å². The van der Waals surface area contributed by atoms with Gasteiger partial charge < -0.3 is 10.6 Å². The number of nitriles is 1. The van der Waals surface area contributed by atoms with E-state index in [1.165, 1.54) is 0 Å². The SMILES string of the molecule is CC(NC(=O)c1ccc(C#N)cc1)C(=O)Nc1ccccc1. The summed E-state index contributed by atoms with van der Waals surface area (Å²) in [7, 11) is 0. The number of anilines is 1. The van der Waals surface area contributed by atoms with Crippen molar-refractivity contribution in [2.45, 2.75) is 13.0 Å². The van der Waals surface area contributed by atoms with Crippen LogP contribution in [0.3, 0.4) is 0 Å². The molecule has 1 unspecified atom stereocenters. The molecule has 2 rings (SSSR count). The zero-order valence-corrected chi connectivity index (χ0v) is 12.0. The molecule has 0 spiro atoms. The van der Waals surface area contributed by atoms with Gasteiger partial charge in [-0.3, -0.25) is 9.59 Å². The molecule has 0 aliphatic carbocycles. The fourth-order valence-electron chi connectivity index (χ4n) is 1.81. The topological polar surface area (TPSA) is 82.0 Å². The number of carbonyl (C=O) groups is 2. The number of nitrogens with one attached hydrogen (secondary N) is 2. The van der Waals surface area contributed by atoms with Crippen LogP contribution >= 0.6 is 0 Å². The second kappa shape index (κ2) is 7.04. The highest BCUT2D eigenvalue weighted by molar-refractivity contribution is 6.00. The summed E-state index contributed by atoms with van der Waals surface area (Å²) in [6.07, 6.45) is 0. The van der Waals surface area contributed by atoms with Gasteiger partial charge in [0.25, 0.3) is 5.91 Å². The third-order valence-corrected chi connectivity index (χ3v) is 3.06. The predicted molar refractivity (Wildman–Crippen MR) is 83.2 cm³/mol. The Morgan fingerprint density at radius 2 is 1.68 bits per heavy atom. The molecule has 0 fully saturated rings. The number of amides is 2. The Morgan fingerprint density at radius 3 is 2.27 bits per heavy atom. The highest BCUT2D eigenvalue weighted by atomic mass is 16.2. The Hall–Kier alpha value is -3.13. The van der Waals surface area contributed by atoms with Crippen molar-refractivity contribution in [1.29, 1.82) is 5.26 Å². The summed E-state index contributed by atoms with van der Waals surface area (Å²) in [5, 5.41) is 14.1. The smallest absolute Gasteiger partial charge is 0.251 e. The van der Waals surface area contributed by atoms with Crippen LogP contribution in [0.4, 0.5) is 5.69 Å². The third kappa shape index (κ3) is 3.93. The average molecular weight is 293 g/mol. The third-order valence-electron chi connectivity index (χ3n) is 3.06. The molecule has 2 N–H and O–H groups in total. The molecule has 0 saturated carbocycles. The average Bonchev–Trinajstić information content (AvgIpc) is 2.55. The van der Waals surface area contributed by atoms with E-state index in [0.29, 0.717) is 16.8 Å². The summed E-state index contributed by atoms with van der Waals surface area (Å²) < 4.78 is 0. The van der Waals surface area contributed by atoms with E-state index in [2.05, 4.69) is 10.6 Å². The Kier molecular flexibility index (Phi) is 4.89. The highest BCUT2D eigenvalue weighted by Crippen LogP contribution is 2.07. The Bertz CT molecular complexity index is 703.